The summed E-state index contributed by atoms with van der Waals surface area (Å²) in [5.74, 6) is 1.75. The number of nitro benzene ring substituents is 2. The van der Waals surface area contributed by atoms with Gasteiger partial charge in [0.2, 0.25) is 0 Å². The summed E-state index contributed by atoms with van der Waals surface area (Å²) in [6.45, 7) is 3.35. The number of nitrogens with one attached hydrogen (secondary N) is 1. The van der Waals surface area contributed by atoms with Crippen LogP contribution in [0.1, 0.15) is 61.4 Å². The van der Waals surface area contributed by atoms with Crippen molar-refractivity contribution in [3.63, 3.8) is 0 Å². The maximum Gasteiger partial charge on any atom is 0.279 e. The lowest BCUT2D eigenvalue weighted by molar-refractivity contribution is -0.395. The molecule has 1 N–H and O–H groups in total. The van der Waals surface area contributed by atoms with Gasteiger partial charge in [0, 0.05) is 18.2 Å². The fourth-order valence-corrected chi connectivity index (χ4v) is 6.34. The van der Waals surface area contributed by atoms with Crippen molar-refractivity contribution in [2.75, 3.05) is 0 Å². The van der Waals surface area contributed by atoms with Crippen molar-refractivity contribution in [3.8, 4) is 0 Å². The Hall–Kier alpha value is -2.51. The van der Waals surface area contributed by atoms with Gasteiger partial charge in [0.1, 0.15) is 5.56 Å². The SMILES string of the molecule is Cc1c([N+](=O)[O-])cc(C(=O)N[C@H](C)C23CC4CC(CC(C4)C2)C3)cc1[N+](=O)[O-]. The molecular formula is C20H25N3O5. The van der Waals surface area contributed by atoms with Crippen LogP contribution < -0.4 is 5.32 Å². The Morgan fingerprint density at radius 1 is 1.04 bits per heavy atom. The molecule has 0 radical (unpaired) electrons. The second kappa shape index (κ2) is 6.53. The molecule has 4 bridgehead atoms. The molecular weight excluding hydrogens is 362 g/mol. The number of carbonyl (C=O) groups is 1. The highest BCUT2D eigenvalue weighted by Gasteiger charge is 2.53. The number of rotatable bonds is 5. The normalized spacial score (nSPS) is 31.4. The molecule has 28 heavy (non-hydrogen) atoms. The number of nitro groups is 2. The van der Waals surface area contributed by atoms with Crippen molar-refractivity contribution in [1.29, 1.82) is 0 Å². The third-order valence-corrected chi connectivity index (χ3v) is 7.36. The minimum Gasteiger partial charge on any atom is -0.349 e. The zero-order valence-electron chi connectivity index (χ0n) is 16.1. The fraction of sp³-hybridized carbons (Fsp3) is 0.650. The van der Waals surface area contributed by atoms with E-state index in [1.54, 1.807) is 0 Å². The molecule has 0 spiro atoms. The molecule has 8 heteroatoms. The van der Waals surface area contributed by atoms with Gasteiger partial charge < -0.3 is 5.32 Å². The molecule has 4 fully saturated rings. The van der Waals surface area contributed by atoms with Gasteiger partial charge in [0.25, 0.3) is 17.3 Å². The zero-order valence-corrected chi connectivity index (χ0v) is 16.1. The third kappa shape index (κ3) is 3.04. The molecule has 0 aromatic heterocycles. The van der Waals surface area contributed by atoms with Crippen LogP contribution in [-0.2, 0) is 0 Å². The Morgan fingerprint density at radius 3 is 1.86 bits per heavy atom. The highest BCUT2D eigenvalue weighted by atomic mass is 16.6. The van der Waals surface area contributed by atoms with E-state index in [9.17, 15) is 25.0 Å². The number of carbonyl (C=O) groups excluding carboxylic acids is 1. The molecule has 4 aliphatic rings. The quantitative estimate of drug-likeness (QED) is 0.602. The van der Waals surface area contributed by atoms with Crippen molar-refractivity contribution < 1.29 is 14.6 Å². The second-order valence-electron chi connectivity index (χ2n) is 9.13. The summed E-state index contributed by atoms with van der Waals surface area (Å²) < 4.78 is 0. The third-order valence-electron chi connectivity index (χ3n) is 7.36. The van der Waals surface area contributed by atoms with Gasteiger partial charge in [0.05, 0.1) is 15.4 Å². The van der Waals surface area contributed by atoms with Crippen molar-refractivity contribution >= 4 is 17.3 Å². The van der Waals surface area contributed by atoms with E-state index in [0.29, 0.717) is 0 Å². The Morgan fingerprint density at radius 2 is 1.46 bits per heavy atom. The van der Waals surface area contributed by atoms with E-state index in [-0.39, 0.29) is 22.6 Å². The molecule has 0 heterocycles. The van der Waals surface area contributed by atoms with E-state index >= 15 is 0 Å². The Kier molecular flexibility index (Phi) is 4.39. The van der Waals surface area contributed by atoms with Crippen LogP contribution in [0.5, 0.6) is 0 Å². The van der Waals surface area contributed by atoms with E-state index in [2.05, 4.69) is 5.32 Å². The summed E-state index contributed by atoms with van der Waals surface area (Å²) in [7, 11) is 0. The zero-order chi connectivity index (χ0) is 20.2. The lowest BCUT2D eigenvalue weighted by Gasteiger charge is -2.59. The first kappa shape index (κ1) is 18.8. The van der Waals surface area contributed by atoms with Crippen LogP contribution >= 0.6 is 0 Å². The minimum absolute atomic E-state index is 0.0272. The molecule has 1 amide bonds. The van der Waals surface area contributed by atoms with Crippen LogP contribution in [0, 0.1) is 50.3 Å². The Labute approximate surface area is 163 Å². The molecule has 0 saturated heterocycles. The Balaban J connectivity index is 1.58. The molecule has 150 valence electrons. The highest BCUT2D eigenvalue weighted by molar-refractivity contribution is 5.96. The first-order valence-electron chi connectivity index (χ1n) is 9.93. The lowest BCUT2D eigenvalue weighted by atomic mass is 9.48. The van der Waals surface area contributed by atoms with Crippen LogP contribution in [0.15, 0.2) is 12.1 Å². The molecule has 1 atom stereocenters. The molecule has 1 aromatic rings. The van der Waals surface area contributed by atoms with Crippen molar-refractivity contribution in [2.45, 2.75) is 58.4 Å². The lowest BCUT2D eigenvalue weighted by Crippen LogP contribution is -2.55. The van der Waals surface area contributed by atoms with E-state index in [1.807, 2.05) is 6.92 Å². The molecule has 8 nitrogen and oxygen atoms in total. The predicted molar refractivity (Wildman–Crippen MR) is 102 cm³/mol. The predicted octanol–water partition coefficient (Wildman–Crippen LogP) is 4.15. The summed E-state index contributed by atoms with van der Waals surface area (Å²) in [5.41, 5.74) is -0.780. The monoisotopic (exact) mass is 387 g/mol. The van der Waals surface area contributed by atoms with Crippen LogP contribution in [0.25, 0.3) is 0 Å². The fourth-order valence-electron chi connectivity index (χ4n) is 6.34. The van der Waals surface area contributed by atoms with Gasteiger partial charge in [-0.25, -0.2) is 0 Å². The van der Waals surface area contributed by atoms with Gasteiger partial charge in [-0.05, 0) is 75.5 Å². The summed E-state index contributed by atoms with van der Waals surface area (Å²) in [4.78, 5) is 34.0. The Bertz CT molecular complexity index is 795. The van der Waals surface area contributed by atoms with Gasteiger partial charge >= 0.3 is 0 Å². The van der Waals surface area contributed by atoms with Crippen LogP contribution in [0.3, 0.4) is 0 Å². The number of hydrogen-bond acceptors (Lipinski definition) is 5. The van der Waals surface area contributed by atoms with Crippen LogP contribution in [0.2, 0.25) is 0 Å². The molecule has 0 unspecified atom stereocenters. The van der Waals surface area contributed by atoms with E-state index in [4.69, 9.17) is 0 Å². The summed E-state index contributed by atoms with van der Waals surface area (Å²) >= 11 is 0. The molecule has 5 rings (SSSR count). The average molecular weight is 387 g/mol. The molecule has 4 aliphatic carbocycles. The second-order valence-corrected chi connectivity index (χ2v) is 9.13. The van der Waals surface area contributed by atoms with Gasteiger partial charge in [-0.2, -0.15) is 0 Å². The van der Waals surface area contributed by atoms with Crippen molar-refractivity contribution in [1.82, 2.24) is 5.32 Å². The van der Waals surface area contributed by atoms with E-state index in [0.717, 1.165) is 49.1 Å². The first-order chi connectivity index (χ1) is 13.2. The average Bonchev–Trinajstić information content (AvgIpc) is 2.60. The minimum atomic E-state index is -0.679. The molecule has 4 saturated carbocycles. The molecule has 0 aliphatic heterocycles. The van der Waals surface area contributed by atoms with Crippen LogP contribution in [0.4, 0.5) is 11.4 Å². The molecule has 1 aromatic carbocycles. The number of amides is 1. The largest absolute Gasteiger partial charge is 0.349 e. The van der Waals surface area contributed by atoms with Crippen molar-refractivity contribution in [2.24, 2.45) is 23.2 Å². The van der Waals surface area contributed by atoms with Gasteiger partial charge in [-0.1, -0.05) is 0 Å². The summed E-state index contributed by atoms with van der Waals surface area (Å²) in [6, 6.07) is 2.22. The van der Waals surface area contributed by atoms with E-state index < -0.39 is 27.1 Å². The maximum atomic E-state index is 12.9. The van der Waals surface area contributed by atoms with Crippen molar-refractivity contribution in [3.05, 3.63) is 43.5 Å². The van der Waals surface area contributed by atoms with Gasteiger partial charge in [-0.3, -0.25) is 25.0 Å². The highest BCUT2D eigenvalue weighted by Crippen LogP contribution is 2.61. The van der Waals surface area contributed by atoms with Gasteiger partial charge in [-0.15, -0.1) is 0 Å². The van der Waals surface area contributed by atoms with Crippen LogP contribution in [-0.4, -0.2) is 21.8 Å². The summed E-state index contributed by atoms with van der Waals surface area (Å²) in [6.07, 6.45) is 7.26. The number of nitrogens with zero attached hydrogens (tertiary/aromatic N) is 2. The standard InChI is InChI=1S/C20H25N3O5/c1-11-17(22(25)26)6-16(7-18(11)23(27)28)19(24)21-12(2)20-8-13-3-14(9-20)5-15(4-13)10-20/h6-7,12-15H,3-5,8-10H2,1-2H3,(H,21,24)/t12-,13?,14?,15?,20?/m1/s1. The topological polar surface area (TPSA) is 115 Å². The summed E-state index contributed by atoms with van der Waals surface area (Å²) in [5, 5.41) is 25.6. The smallest absolute Gasteiger partial charge is 0.279 e. The number of benzene rings is 1. The van der Waals surface area contributed by atoms with E-state index in [1.165, 1.54) is 26.2 Å². The maximum absolute atomic E-state index is 12.9. The first-order valence-corrected chi connectivity index (χ1v) is 9.93. The number of hydrogen-bond donors (Lipinski definition) is 1. The van der Waals surface area contributed by atoms with Gasteiger partial charge in [0.15, 0.2) is 0 Å².